The number of carbonyl (C=O) groups is 2. The van der Waals surface area contributed by atoms with Crippen LogP contribution in [0.25, 0.3) is 6.08 Å². The van der Waals surface area contributed by atoms with Crippen molar-refractivity contribution in [2.75, 3.05) is 18.5 Å². The molecule has 2 N–H and O–H groups in total. The molecule has 0 saturated heterocycles. The zero-order chi connectivity index (χ0) is 23.8. The molecule has 0 aliphatic heterocycles. The van der Waals surface area contributed by atoms with Crippen molar-refractivity contribution < 1.29 is 14.3 Å². The van der Waals surface area contributed by atoms with Crippen molar-refractivity contribution >= 4 is 34.4 Å². The van der Waals surface area contributed by atoms with Gasteiger partial charge in [-0.15, -0.1) is 17.8 Å². The van der Waals surface area contributed by atoms with Crippen molar-refractivity contribution in [2.24, 2.45) is 5.92 Å². The van der Waals surface area contributed by atoms with Gasteiger partial charge in [0.15, 0.2) is 0 Å². The van der Waals surface area contributed by atoms with E-state index in [1.54, 1.807) is 31.0 Å². The van der Waals surface area contributed by atoms with Crippen LogP contribution >= 0.6 is 11.3 Å². The zero-order valence-corrected chi connectivity index (χ0v) is 19.4. The predicted octanol–water partition coefficient (Wildman–Crippen LogP) is 3.50. The summed E-state index contributed by atoms with van der Waals surface area (Å²) in [5.74, 6) is 2.71. The molecule has 0 bridgehead atoms. The Morgan fingerprint density at radius 3 is 3.03 bits per heavy atom. The van der Waals surface area contributed by atoms with Gasteiger partial charge in [0.1, 0.15) is 5.00 Å². The van der Waals surface area contributed by atoms with Crippen molar-refractivity contribution in [3.8, 4) is 12.3 Å². The number of aromatic nitrogens is 3. The molecule has 0 fully saturated rings. The first-order valence-corrected chi connectivity index (χ1v) is 11.8. The highest BCUT2D eigenvalue weighted by molar-refractivity contribution is 7.16. The quantitative estimate of drug-likeness (QED) is 0.384. The lowest BCUT2D eigenvalue weighted by Gasteiger charge is -2.22. The summed E-state index contributed by atoms with van der Waals surface area (Å²) in [7, 11) is 0. The van der Waals surface area contributed by atoms with E-state index in [4.69, 9.17) is 11.2 Å². The molecule has 3 aromatic heterocycles. The average molecular weight is 476 g/mol. The summed E-state index contributed by atoms with van der Waals surface area (Å²) in [4.78, 5) is 33.6. The molecular weight excluding hydrogens is 450 g/mol. The standard InChI is InChI=1S/C25H25N5O3S/c1-2-20-21-7-5-19(16-33-25(32)28-11-13-30-12-10-27-17-30)14-22(21)34-24(20)29-23(31)8-6-18-4-3-9-26-15-18/h1,3-4,6,8-10,12,15,17,19H,5,7,11,13-14,16H2,(H,28,32)(H,29,31)/b8-6+. The maximum Gasteiger partial charge on any atom is 0.407 e. The number of rotatable bonds is 8. The Hall–Kier alpha value is -3.90. The maximum absolute atomic E-state index is 12.4. The lowest BCUT2D eigenvalue weighted by atomic mass is 9.88. The summed E-state index contributed by atoms with van der Waals surface area (Å²) < 4.78 is 7.31. The minimum Gasteiger partial charge on any atom is -0.449 e. The van der Waals surface area contributed by atoms with Gasteiger partial charge >= 0.3 is 6.09 Å². The number of anilines is 1. The number of hydrogen-bond acceptors (Lipinski definition) is 6. The molecule has 1 aliphatic rings. The third kappa shape index (κ3) is 6.11. The second-order valence-electron chi connectivity index (χ2n) is 7.90. The Bertz CT molecular complexity index is 1200. The van der Waals surface area contributed by atoms with Crippen LogP contribution in [0.15, 0.2) is 49.3 Å². The fourth-order valence-corrected chi connectivity index (χ4v) is 5.12. The normalized spacial score (nSPS) is 14.9. The lowest BCUT2D eigenvalue weighted by Crippen LogP contribution is -2.30. The molecule has 34 heavy (non-hydrogen) atoms. The van der Waals surface area contributed by atoms with Crippen LogP contribution in [0, 0.1) is 18.3 Å². The van der Waals surface area contributed by atoms with Gasteiger partial charge in [-0.25, -0.2) is 9.78 Å². The zero-order valence-electron chi connectivity index (χ0n) is 18.6. The molecule has 1 atom stereocenters. The van der Waals surface area contributed by atoms with Gasteiger partial charge < -0.3 is 19.9 Å². The SMILES string of the molecule is C#Cc1c(NC(=O)/C=C/c2cccnc2)sc2c1CCC(COC(=O)NCCn1ccnc1)C2. The van der Waals surface area contributed by atoms with E-state index in [0.717, 1.165) is 40.8 Å². The van der Waals surface area contributed by atoms with Gasteiger partial charge in [0.2, 0.25) is 5.91 Å². The topological polar surface area (TPSA) is 98.1 Å². The lowest BCUT2D eigenvalue weighted by molar-refractivity contribution is -0.111. The monoisotopic (exact) mass is 475 g/mol. The molecule has 2 amide bonds. The van der Waals surface area contributed by atoms with E-state index >= 15 is 0 Å². The number of imidazole rings is 1. The number of pyridine rings is 1. The number of nitrogens with zero attached hydrogens (tertiary/aromatic N) is 3. The summed E-state index contributed by atoms with van der Waals surface area (Å²) >= 11 is 1.50. The average Bonchev–Trinajstić information content (AvgIpc) is 3.49. The van der Waals surface area contributed by atoms with Crippen LogP contribution in [0.4, 0.5) is 9.80 Å². The van der Waals surface area contributed by atoms with Gasteiger partial charge in [-0.3, -0.25) is 9.78 Å². The molecule has 3 heterocycles. The minimum absolute atomic E-state index is 0.213. The Morgan fingerprint density at radius 1 is 1.35 bits per heavy atom. The van der Waals surface area contributed by atoms with Crippen molar-refractivity contribution in [1.82, 2.24) is 19.9 Å². The molecule has 3 aromatic rings. The highest BCUT2D eigenvalue weighted by Crippen LogP contribution is 2.39. The Kier molecular flexibility index (Phi) is 7.73. The molecule has 0 radical (unpaired) electrons. The molecular formula is C25H25N5O3S. The Morgan fingerprint density at radius 2 is 2.26 bits per heavy atom. The van der Waals surface area contributed by atoms with E-state index in [2.05, 4.69) is 26.5 Å². The van der Waals surface area contributed by atoms with E-state index in [-0.39, 0.29) is 11.8 Å². The van der Waals surface area contributed by atoms with Crippen LogP contribution in [-0.4, -0.2) is 39.7 Å². The Balaban J connectivity index is 1.29. The first-order valence-electron chi connectivity index (χ1n) is 11.0. The highest BCUT2D eigenvalue weighted by atomic mass is 32.1. The van der Waals surface area contributed by atoms with E-state index < -0.39 is 6.09 Å². The largest absolute Gasteiger partial charge is 0.449 e. The van der Waals surface area contributed by atoms with Gasteiger partial charge in [0, 0.05) is 48.8 Å². The van der Waals surface area contributed by atoms with E-state index in [1.165, 1.54) is 17.4 Å². The van der Waals surface area contributed by atoms with Crippen LogP contribution < -0.4 is 10.6 Å². The van der Waals surface area contributed by atoms with Crippen LogP contribution in [0.1, 0.15) is 28.0 Å². The molecule has 1 aliphatic carbocycles. The van der Waals surface area contributed by atoms with Crippen LogP contribution in [0.2, 0.25) is 0 Å². The number of carbonyl (C=O) groups excluding carboxylic acids is 2. The minimum atomic E-state index is -0.422. The number of ether oxygens (including phenoxy) is 1. The van der Waals surface area contributed by atoms with E-state index in [1.807, 2.05) is 22.9 Å². The van der Waals surface area contributed by atoms with Crippen molar-refractivity contribution in [1.29, 1.82) is 0 Å². The summed E-state index contributed by atoms with van der Waals surface area (Å²) in [6, 6.07) is 3.68. The maximum atomic E-state index is 12.4. The first kappa shape index (κ1) is 23.3. The predicted molar refractivity (Wildman–Crippen MR) is 131 cm³/mol. The van der Waals surface area contributed by atoms with Crippen molar-refractivity contribution in [3.63, 3.8) is 0 Å². The van der Waals surface area contributed by atoms with Gasteiger partial charge in [-0.2, -0.15) is 0 Å². The summed E-state index contributed by atoms with van der Waals surface area (Å²) in [6.45, 7) is 1.45. The molecule has 174 valence electrons. The number of hydrogen-bond donors (Lipinski definition) is 2. The fraction of sp³-hybridized carbons (Fsp3) is 0.280. The molecule has 0 saturated carbocycles. The van der Waals surface area contributed by atoms with Gasteiger partial charge in [-0.1, -0.05) is 12.0 Å². The number of terminal acetylenes is 1. The Labute approximate surface area is 202 Å². The van der Waals surface area contributed by atoms with Gasteiger partial charge in [0.25, 0.3) is 0 Å². The highest BCUT2D eigenvalue weighted by Gasteiger charge is 2.26. The molecule has 4 rings (SSSR count). The number of thiophene rings is 1. The smallest absolute Gasteiger partial charge is 0.407 e. The molecule has 8 nitrogen and oxygen atoms in total. The van der Waals surface area contributed by atoms with Crippen LogP contribution in [-0.2, 0) is 28.9 Å². The van der Waals surface area contributed by atoms with Gasteiger partial charge in [-0.05, 0) is 48.4 Å². The molecule has 1 unspecified atom stereocenters. The molecule has 9 heteroatoms. The number of fused-ring (bicyclic) bond motifs is 1. The second kappa shape index (κ2) is 11.3. The van der Waals surface area contributed by atoms with E-state index in [9.17, 15) is 9.59 Å². The van der Waals surface area contributed by atoms with Crippen molar-refractivity contribution in [3.05, 3.63) is 70.9 Å². The fourth-order valence-electron chi connectivity index (χ4n) is 3.79. The third-order valence-electron chi connectivity index (χ3n) is 5.51. The summed E-state index contributed by atoms with van der Waals surface area (Å²) in [5, 5.41) is 6.36. The molecule has 0 spiro atoms. The van der Waals surface area contributed by atoms with Gasteiger partial charge in [0.05, 0.1) is 18.5 Å². The van der Waals surface area contributed by atoms with Crippen LogP contribution in [0.3, 0.4) is 0 Å². The first-order chi connectivity index (χ1) is 16.6. The number of amides is 2. The van der Waals surface area contributed by atoms with Crippen LogP contribution in [0.5, 0.6) is 0 Å². The molecule has 0 aromatic carbocycles. The third-order valence-corrected chi connectivity index (χ3v) is 6.68. The summed E-state index contributed by atoms with van der Waals surface area (Å²) in [6.07, 6.45) is 19.6. The number of alkyl carbamates (subject to hydrolysis) is 1. The van der Waals surface area contributed by atoms with Crippen molar-refractivity contribution in [2.45, 2.75) is 25.8 Å². The second-order valence-corrected chi connectivity index (χ2v) is 9.00. The summed E-state index contributed by atoms with van der Waals surface area (Å²) in [5.41, 5.74) is 2.70. The van der Waals surface area contributed by atoms with E-state index in [0.29, 0.717) is 24.7 Å². The number of nitrogens with one attached hydrogen (secondary N) is 2.